The molecule has 8 heteroatoms. The maximum absolute atomic E-state index is 12.5. The molecule has 0 fully saturated rings. The minimum atomic E-state index is -0.374. The summed E-state index contributed by atoms with van der Waals surface area (Å²) >= 11 is 1.39. The van der Waals surface area contributed by atoms with E-state index >= 15 is 0 Å². The molecule has 7 nitrogen and oxygen atoms in total. The van der Waals surface area contributed by atoms with Crippen LogP contribution in [0.4, 0.5) is 0 Å². The van der Waals surface area contributed by atoms with Gasteiger partial charge in [0.2, 0.25) is 11.7 Å². The number of carbonyl (C=O) groups excluding carboxylic acids is 1. The molecule has 148 valence electrons. The van der Waals surface area contributed by atoms with Crippen LogP contribution in [-0.2, 0) is 0 Å². The molecule has 0 spiro atoms. The molecule has 2 aromatic heterocycles. The minimum Gasteiger partial charge on any atom is -0.493 e. The second-order valence-electron chi connectivity index (χ2n) is 6.34. The minimum absolute atomic E-state index is 0.127. The van der Waals surface area contributed by atoms with Crippen LogP contribution in [0.15, 0.2) is 40.2 Å². The molecule has 0 saturated heterocycles. The number of hydrogen-bond acceptors (Lipinski definition) is 7. The van der Waals surface area contributed by atoms with E-state index in [1.54, 1.807) is 32.4 Å². The van der Waals surface area contributed by atoms with E-state index in [0.717, 1.165) is 12.0 Å². The number of ether oxygens (including phenoxy) is 2. The van der Waals surface area contributed by atoms with E-state index < -0.39 is 0 Å². The standard InChI is InChI=1S/C20H23N3O4S/c1-5-12(2)17(21-19(24)16-7-6-10-28-16)20-22-18(23-27-20)13-8-9-14(25-3)15(11-13)26-4/h6-12,17H,5H2,1-4H3,(H,21,24)/t12-,17+/m0/s1. The number of rotatable bonds is 8. The fourth-order valence-corrected chi connectivity index (χ4v) is 3.38. The molecule has 1 amide bonds. The van der Waals surface area contributed by atoms with Crippen LogP contribution in [0, 0.1) is 5.92 Å². The second-order valence-corrected chi connectivity index (χ2v) is 7.29. The Morgan fingerprint density at radius 3 is 2.68 bits per heavy atom. The molecule has 0 bridgehead atoms. The Bertz CT molecular complexity index is 923. The third kappa shape index (κ3) is 4.17. The predicted molar refractivity (Wildman–Crippen MR) is 107 cm³/mol. The fraction of sp³-hybridized carbons (Fsp3) is 0.350. The number of hydrogen-bond donors (Lipinski definition) is 1. The van der Waals surface area contributed by atoms with Gasteiger partial charge in [-0.3, -0.25) is 4.79 Å². The average Bonchev–Trinajstić information content (AvgIpc) is 3.43. The van der Waals surface area contributed by atoms with Crippen LogP contribution in [-0.4, -0.2) is 30.3 Å². The summed E-state index contributed by atoms with van der Waals surface area (Å²) in [6, 6.07) is 8.67. The van der Waals surface area contributed by atoms with Gasteiger partial charge < -0.3 is 19.3 Å². The van der Waals surface area contributed by atoms with Gasteiger partial charge in [-0.25, -0.2) is 0 Å². The number of thiophene rings is 1. The third-order valence-corrected chi connectivity index (χ3v) is 5.46. The highest BCUT2D eigenvalue weighted by Gasteiger charge is 2.27. The summed E-state index contributed by atoms with van der Waals surface area (Å²) in [4.78, 5) is 17.7. The van der Waals surface area contributed by atoms with Gasteiger partial charge in [-0.1, -0.05) is 31.5 Å². The number of benzene rings is 1. The monoisotopic (exact) mass is 401 g/mol. The number of carbonyl (C=O) groups is 1. The Labute approximate surface area is 167 Å². The van der Waals surface area contributed by atoms with Gasteiger partial charge in [0.05, 0.1) is 19.1 Å². The molecule has 0 aliphatic heterocycles. The van der Waals surface area contributed by atoms with Crippen molar-refractivity contribution in [2.24, 2.45) is 5.92 Å². The van der Waals surface area contributed by atoms with E-state index in [9.17, 15) is 4.79 Å². The highest BCUT2D eigenvalue weighted by molar-refractivity contribution is 7.12. The summed E-state index contributed by atoms with van der Waals surface area (Å²) in [6.45, 7) is 4.10. The van der Waals surface area contributed by atoms with Gasteiger partial charge in [-0.2, -0.15) is 4.98 Å². The lowest BCUT2D eigenvalue weighted by Crippen LogP contribution is -2.32. The van der Waals surface area contributed by atoms with Crippen LogP contribution >= 0.6 is 11.3 Å². The van der Waals surface area contributed by atoms with Crippen LogP contribution in [0.25, 0.3) is 11.4 Å². The van der Waals surface area contributed by atoms with Gasteiger partial charge in [0.1, 0.15) is 6.04 Å². The zero-order valence-corrected chi connectivity index (χ0v) is 17.1. The maximum Gasteiger partial charge on any atom is 0.262 e. The van der Waals surface area contributed by atoms with E-state index in [1.165, 1.54) is 11.3 Å². The van der Waals surface area contributed by atoms with Crippen LogP contribution in [0.5, 0.6) is 11.5 Å². The molecule has 1 aromatic carbocycles. The van der Waals surface area contributed by atoms with Crippen LogP contribution < -0.4 is 14.8 Å². The van der Waals surface area contributed by atoms with Gasteiger partial charge >= 0.3 is 0 Å². The van der Waals surface area contributed by atoms with Crippen molar-refractivity contribution in [2.75, 3.05) is 14.2 Å². The van der Waals surface area contributed by atoms with Crippen LogP contribution in [0.3, 0.4) is 0 Å². The highest BCUT2D eigenvalue weighted by Crippen LogP contribution is 2.32. The van der Waals surface area contributed by atoms with E-state index in [1.807, 2.05) is 24.4 Å². The lowest BCUT2D eigenvalue weighted by atomic mass is 9.99. The first-order valence-electron chi connectivity index (χ1n) is 8.97. The summed E-state index contributed by atoms with van der Waals surface area (Å²) in [5, 5.41) is 8.99. The van der Waals surface area contributed by atoms with Crippen LogP contribution in [0.1, 0.15) is 41.9 Å². The molecule has 2 atom stereocenters. The lowest BCUT2D eigenvalue weighted by molar-refractivity contribution is 0.0914. The molecule has 2 heterocycles. The van der Waals surface area contributed by atoms with E-state index in [4.69, 9.17) is 14.0 Å². The van der Waals surface area contributed by atoms with Crippen LogP contribution in [0.2, 0.25) is 0 Å². The zero-order valence-electron chi connectivity index (χ0n) is 16.3. The smallest absolute Gasteiger partial charge is 0.262 e. The Morgan fingerprint density at radius 2 is 2.04 bits per heavy atom. The predicted octanol–water partition coefficient (Wildman–Crippen LogP) is 4.33. The van der Waals surface area contributed by atoms with E-state index in [0.29, 0.717) is 28.1 Å². The molecule has 0 aliphatic rings. The number of aromatic nitrogens is 2. The van der Waals surface area contributed by atoms with Gasteiger partial charge in [-0.05, 0) is 35.6 Å². The normalized spacial score (nSPS) is 13.0. The maximum atomic E-state index is 12.5. The number of methoxy groups -OCH3 is 2. The third-order valence-electron chi connectivity index (χ3n) is 4.59. The molecule has 0 aliphatic carbocycles. The Kier molecular flexibility index (Phi) is 6.30. The fourth-order valence-electron chi connectivity index (χ4n) is 2.76. The van der Waals surface area contributed by atoms with Gasteiger partial charge in [0.15, 0.2) is 11.5 Å². The SMILES string of the molecule is CC[C@H](C)[C@@H](NC(=O)c1cccs1)c1nc(-c2ccc(OC)c(OC)c2)no1. The number of nitrogens with zero attached hydrogens (tertiary/aromatic N) is 2. The average molecular weight is 401 g/mol. The molecular weight excluding hydrogens is 378 g/mol. The van der Waals surface area contributed by atoms with Gasteiger partial charge in [0, 0.05) is 5.56 Å². The quantitative estimate of drug-likeness (QED) is 0.604. The van der Waals surface area contributed by atoms with Crippen molar-refractivity contribution in [1.29, 1.82) is 0 Å². The topological polar surface area (TPSA) is 86.5 Å². The lowest BCUT2D eigenvalue weighted by Gasteiger charge is -2.20. The Hall–Kier alpha value is -2.87. The number of amides is 1. The summed E-state index contributed by atoms with van der Waals surface area (Å²) in [6.07, 6.45) is 0.851. The number of nitrogens with one attached hydrogen (secondary N) is 1. The summed E-state index contributed by atoms with van der Waals surface area (Å²) in [5.74, 6) is 1.99. The molecule has 3 aromatic rings. The van der Waals surface area contributed by atoms with Gasteiger partial charge in [0.25, 0.3) is 5.91 Å². The van der Waals surface area contributed by atoms with E-state index in [2.05, 4.69) is 22.4 Å². The van der Waals surface area contributed by atoms with Crippen molar-refractivity contribution >= 4 is 17.2 Å². The van der Waals surface area contributed by atoms with Crippen molar-refractivity contribution in [3.8, 4) is 22.9 Å². The van der Waals surface area contributed by atoms with Gasteiger partial charge in [-0.15, -0.1) is 11.3 Å². The van der Waals surface area contributed by atoms with Crippen molar-refractivity contribution in [3.05, 3.63) is 46.5 Å². The molecule has 0 radical (unpaired) electrons. The molecule has 28 heavy (non-hydrogen) atoms. The summed E-state index contributed by atoms with van der Waals surface area (Å²) < 4.78 is 16.1. The van der Waals surface area contributed by atoms with E-state index in [-0.39, 0.29) is 17.9 Å². The summed E-state index contributed by atoms with van der Waals surface area (Å²) in [7, 11) is 3.15. The zero-order chi connectivity index (χ0) is 20.1. The first kappa shape index (κ1) is 19.9. The molecule has 3 rings (SSSR count). The first-order valence-corrected chi connectivity index (χ1v) is 9.85. The van der Waals surface area contributed by atoms with Crippen molar-refractivity contribution in [3.63, 3.8) is 0 Å². The largest absolute Gasteiger partial charge is 0.493 e. The first-order chi connectivity index (χ1) is 13.6. The Balaban J connectivity index is 1.87. The molecule has 0 unspecified atom stereocenters. The second kappa shape index (κ2) is 8.88. The van der Waals surface area contributed by atoms with Crippen molar-refractivity contribution in [2.45, 2.75) is 26.3 Å². The summed E-state index contributed by atoms with van der Waals surface area (Å²) in [5.41, 5.74) is 0.736. The van der Waals surface area contributed by atoms with Crippen molar-refractivity contribution < 1.29 is 18.8 Å². The van der Waals surface area contributed by atoms with Crippen molar-refractivity contribution in [1.82, 2.24) is 15.5 Å². The molecule has 0 saturated carbocycles. The molecular formula is C20H23N3O4S. The molecule has 1 N–H and O–H groups in total. The Morgan fingerprint density at radius 1 is 1.25 bits per heavy atom. The highest BCUT2D eigenvalue weighted by atomic mass is 32.1.